The lowest BCUT2D eigenvalue weighted by Crippen LogP contribution is -2.47. The molecule has 0 spiro atoms. The van der Waals surface area contributed by atoms with E-state index in [1.54, 1.807) is 0 Å². The third-order valence-electron chi connectivity index (χ3n) is 3.72. The Morgan fingerprint density at radius 1 is 1.44 bits per heavy atom. The molecule has 0 aromatic carbocycles. The summed E-state index contributed by atoms with van der Waals surface area (Å²) in [5.74, 6) is 0.692. The van der Waals surface area contributed by atoms with Crippen LogP contribution in [0.25, 0.3) is 0 Å². The molecule has 94 valence electrons. The Balaban J connectivity index is 2.47. The summed E-state index contributed by atoms with van der Waals surface area (Å²) in [6.07, 6.45) is 5.21. The summed E-state index contributed by atoms with van der Waals surface area (Å²) >= 11 is 0. The second-order valence-corrected chi connectivity index (χ2v) is 5.35. The van der Waals surface area contributed by atoms with E-state index in [2.05, 4.69) is 19.2 Å². The maximum Gasteiger partial charge on any atom is 0.320 e. The quantitative estimate of drug-likeness (QED) is 0.759. The van der Waals surface area contributed by atoms with Gasteiger partial charge in [0.05, 0.1) is 0 Å². The average molecular weight is 227 g/mol. The summed E-state index contributed by atoms with van der Waals surface area (Å²) in [5.41, 5.74) is 0. The van der Waals surface area contributed by atoms with E-state index in [1.165, 1.54) is 12.8 Å². The lowest BCUT2D eigenvalue weighted by Gasteiger charge is -2.35. The van der Waals surface area contributed by atoms with Gasteiger partial charge >= 0.3 is 5.97 Å². The summed E-state index contributed by atoms with van der Waals surface area (Å²) in [5, 5.41) is 12.4. The molecule has 1 aliphatic rings. The molecule has 1 aliphatic carbocycles. The molecular weight excluding hydrogens is 202 g/mol. The van der Waals surface area contributed by atoms with E-state index < -0.39 is 5.97 Å². The number of carboxylic acid groups (broad SMARTS) is 1. The molecule has 0 radical (unpaired) electrons. The molecule has 1 rings (SSSR count). The van der Waals surface area contributed by atoms with Gasteiger partial charge in [-0.25, -0.2) is 0 Å². The van der Waals surface area contributed by atoms with Gasteiger partial charge < -0.3 is 10.4 Å². The molecule has 4 unspecified atom stereocenters. The van der Waals surface area contributed by atoms with Crippen LogP contribution in [-0.4, -0.2) is 23.2 Å². The van der Waals surface area contributed by atoms with Gasteiger partial charge in [-0.3, -0.25) is 4.79 Å². The van der Waals surface area contributed by atoms with Crippen LogP contribution in [0.1, 0.15) is 52.9 Å². The van der Waals surface area contributed by atoms with Crippen LogP contribution in [-0.2, 0) is 4.79 Å². The van der Waals surface area contributed by atoms with Crippen LogP contribution in [0.15, 0.2) is 0 Å². The first-order valence-corrected chi connectivity index (χ1v) is 6.53. The molecule has 0 saturated heterocycles. The van der Waals surface area contributed by atoms with Crippen molar-refractivity contribution >= 4 is 5.97 Å². The highest BCUT2D eigenvalue weighted by Crippen LogP contribution is 2.29. The van der Waals surface area contributed by atoms with E-state index in [0.717, 1.165) is 25.2 Å². The molecule has 3 heteroatoms. The van der Waals surface area contributed by atoms with E-state index >= 15 is 0 Å². The minimum atomic E-state index is -0.701. The largest absolute Gasteiger partial charge is 0.480 e. The molecule has 0 bridgehead atoms. The van der Waals surface area contributed by atoms with E-state index in [-0.39, 0.29) is 6.04 Å². The van der Waals surface area contributed by atoms with Crippen molar-refractivity contribution in [3.63, 3.8) is 0 Å². The zero-order valence-electron chi connectivity index (χ0n) is 10.7. The molecule has 0 aromatic rings. The van der Waals surface area contributed by atoms with Gasteiger partial charge in [0, 0.05) is 6.04 Å². The number of hydrogen-bond donors (Lipinski definition) is 2. The minimum Gasteiger partial charge on any atom is -0.480 e. The summed E-state index contributed by atoms with van der Waals surface area (Å²) in [7, 11) is 0. The smallest absolute Gasteiger partial charge is 0.320 e. The number of carboxylic acids is 1. The van der Waals surface area contributed by atoms with Crippen molar-refractivity contribution in [3.8, 4) is 0 Å². The molecule has 3 nitrogen and oxygen atoms in total. The van der Waals surface area contributed by atoms with E-state index in [0.29, 0.717) is 12.0 Å². The average Bonchev–Trinajstić information content (AvgIpc) is 2.20. The van der Waals surface area contributed by atoms with Gasteiger partial charge in [-0.05, 0) is 37.5 Å². The number of rotatable bonds is 5. The molecule has 16 heavy (non-hydrogen) atoms. The van der Waals surface area contributed by atoms with Gasteiger partial charge in [-0.15, -0.1) is 0 Å². The number of aliphatic carboxylic acids is 1. The first-order valence-electron chi connectivity index (χ1n) is 6.53. The molecule has 0 aromatic heterocycles. The second-order valence-electron chi connectivity index (χ2n) is 5.35. The summed E-state index contributed by atoms with van der Waals surface area (Å²) < 4.78 is 0. The monoisotopic (exact) mass is 227 g/mol. The van der Waals surface area contributed by atoms with Gasteiger partial charge in [-0.1, -0.05) is 27.2 Å². The minimum absolute atomic E-state index is 0.356. The van der Waals surface area contributed by atoms with Crippen LogP contribution in [0.4, 0.5) is 0 Å². The fourth-order valence-electron chi connectivity index (χ4n) is 2.74. The van der Waals surface area contributed by atoms with Crippen LogP contribution in [0.5, 0.6) is 0 Å². The Hall–Kier alpha value is -0.570. The lowest BCUT2D eigenvalue weighted by molar-refractivity contribution is -0.140. The summed E-state index contributed by atoms with van der Waals surface area (Å²) in [4.78, 5) is 11.1. The fraction of sp³-hybridized carbons (Fsp3) is 0.923. The standard InChI is InChI=1S/C13H25NO2/c1-4-5-12(13(15)16)14-11-7-6-9(2)8-10(11)3/h9-12,14H,4-8H2,1-3H3,(H,15,16). The Morgan fingerprint density at radius 2 is 2.12 bits per heavy atom. The molecule has 1 saturated carbocycles. The van der Waals surface area contributed by atoms with Crippen LogP contribution >= 0.6 is 0 Å². The van der Waals surface area contributed by atoms with Crippen molar-refractivity contribution in [2.75, 3.05) is 0 Å². The Kier molecular flexibility index (Phi) is 5.26. The fourth-order valence-corrected chi connectivity index (χ4v) is 2.74. The Bertz CT molecular complexity index is 230. The van der Waals surface area contributed by atoms with Gasteiger partial charge in [-0.2, -0.15) is 0 Å². The van der Waals surface area contributed by atoms with Crippen LogP contribution in [0.2, 0.25) is 0 Å². The van der Waals surface area contributed by atoms with Crippen molar-refractivity contribution in [2.45, 2.75) is 65.0 Å². The van der Waals surface area contributed by atoms with Crippen molar-refractivity contribution in [1.29, 1.82) is 0 Å². The SMILES string of the molecule is CCCC(NC1CCC(C)CC1C)C(=O)O. The topological polar surface area (TPSA) is 49.3 Å². The zero-order chi connectivity index (χ0) is 12.1. The maximum absolute atomic E-state index is 11.1. The summed E-state index contributed by atoms with van der Waals surface area (Å²) in [6, 6.07) is 0.0368. The predicted molar refractivity (Wildman–Crippen MR) is 65.4 cm³/mol. The molecule has 1 fully saturated rings. The van der Waals surface area contributed by atoms with Gasteiger partial charge in [0.2, 0.25) is 0 Å². The zero-order valence-corrected chi connectivity index (χ0v) is 10.7. The first kappa shape index (κ1) is 13.5. The highest BCUT2D eigenvalue weighted by molar-refractivity contribution is 5.73. The highest BCUT2D eigenvalue weighted by atomic mass is 16.4. The van der Waals surface area contributed by atoms with Gasteiger partial charge in [0.25, 0.3) is 0 Å². The van der Waals surface area contributed by atoms with Crippen molar-refractivity contribution in [1.82, 2.24) is 5.32 Å². The molecule has 4 atom stereocenters. The highest BCUT2D eigenvalue weighted by Gasteiger charge is 2.28. The first-order chi connectivity index (χ1) is 7.54. The van der Waals surface area contributed by atoms with Gasteiger partial charge in [0.1, 0.15) is 6.04 Å². The Morgan fingerprint density at radius 3 is 2.62 bits per heavy atom. The Labute approximate surface area is 98.6 Å². The normalized spacial score (nSPS) is 32.3. The molecule has 0 heterocycles. The van der Waals surface area contributed by atoms with Crippen molar-refractivity contribution in [2.24, 2.45) is 11.8 Å². The van der Waals surface area contributed by atoms with E-state index in [4.69, 9.17) is 5.11 Å². The summed E-state index contributed by atoms with van der Waals surface area (Å²) in [6.45, 7) is 6.55. The second kappa shape index (κ2) is 6.24. The third-order valence-corrected chi connectivity index (χ3v) is 3.72. The molecule has 0 aliphatic heterocycles. The maximum atomic E-state index is 11.1. The van der Waals surface area contributed by atoms with Gasteiger partial charge in [0.15, 0.2) is 0 Å². The number of carbonyl (C=O) groups is 1. The van der Waals surface area contributed by atoms with Crippen LogP contribution in [0, 0.1) is 11.8 Å². The van der Waals surface area contributed by atoms with E-state index in [1.807, 2.05) is 6.92 Å². The lowest BCUT2D eigenvalue weighted by atomic mass is 9.79. The van der Waals surface area contributed by atoms with Crippen LogP contribution in [0.3, 0.4) is 0 Å². The molecule has 0 amide bonds. The third kappa shape index (κ3) is 3.78. The predicted octanol–water partition coefficient (Wildman–Crippen LogP) is 2.65. The molecular formula is C13H25NO2. The molecule has 2 N–H and O–H groups in total. The van der Waals surface area contributed by atoms with Crippen molar-refractivity contribution < 1.29 is 9.90 Å². The number of hydrogen-bond acceptors (Lipinski definition) is 2. The van der Waals surface area contributed by atoms with Crippen LogP contribution < -0.4 is 5.32 Å². The van der Waals surface area contributed by atoms with E-state index in [9.17, 15) is 4.79 Å². The number of nitrogens with one attached hydrogen (secondary N) is 1. The van der Waals surface area contributed by atoms with Crippen molar-refractivity contribution in [3.05, 3.63) is 0 Å².